The number of benzene rings is 1. The van der Waals surface area contributed by atoms with Gasteiger partial charge >= 0.3 is 0 Å². The van der Waals surface area contributed by atoms with Gasteiger partial charge in [-0.3, -0.25) is 9.79 Å². The van der Waals surface area contributed by atoms with E-state index >= 15 is 0 Å². The molecule has 148 valence electrons. The number of hydrogen-bond donors (Lipinski definition) is 3. The summed E-state index contributed by atoms with van der Waals surface area (Å²) in [6, 6.07) is 6.81. The molecule has 0 aliphatic carbocycles. The van der Waals surface area contributed by atoms with Gasteiger partial charge in [0.15, 0.2) is 5.96 Å². The van der Waals surface area contributed by atoms with Gasteiger partial charge in [-0.15, -0.1) is 35.3 Å². The van der Waals surface area contributed by atoms with Crippen molar-refractivity contribution in [1.29, 1.82) is 0 Å². The maximum Gasteiger partial charge on any atom is 0.251 e. The number of aromatic nitrogens is 1. The summed E-state index contributed by atoms with van der Waals surface area (Å²) in [6.45, 7) is 3.96. The van der Waals surface area contributed by atoms with Crippen molar-refractivity contribution in [2.75, 3.05) is 26.7 Å². The molecule has 9 heteroatoms. The Hall–Kier alpha value is -1.39. The fourth-order valence-electron chi connectivity index (χ4n) is 2.20. The van der Waals surface area contributed by atoms with E-state index < -0.39 is 0 Å². The van der Waals surface area contributed by atoms with Gasteiger partial charge in [-0.1, -0.05) is 18.5 Å². The minimum atomic E-state index is -0.123. The van der Waals surface area contributed by atoms with Crippen LogP contribution >= 0.6 is 46.9 Å². The van der Waals surface area contributed by atoms with E-state index in [-0.39, 0.29) is 29.9 Å². The van der Waals surface area contributed by atoms with Crippen molar-refractivity contribution in [2.45, 2.75) is 19.8 Å². The Bertz CT molecular complexity index is 736. The molecule has 0 aliphatic rings. The molecule has 6 nitrogen and oxygen atoms in total. The van der Waals surface area contributed by atoms with Crippen LogP contribution in [0.4, 0.5) is 0 Å². The number of rotatable bonds is 8. The summed E-state index contributed by atoms with van der Waals surface area (Å²) in [5, 5.41) is 11.0. The van der Waals surface area contributed by atoms with Crippen molar-refractivity contribution in [3.8, 4) is 0 Å². The van der Waals surface area contributed by atoms with Crippen LogP contribution in [0.3, 0.4) is 0 Å². The summed E-state index contributed by atoms with van der Waals surface area (Å²) in [4.78, 5) is 21.9. The molecule has 0 unspecified atom stereocenters. The maximum atomic E-state index is 12.0. The summed E-state index contributed by atoms with van der Waals surface area (Å²) in [5.41, 5.74) is 0.590. The summed E-state index contributed by atoms with van der Waals surface area (Å²) < 4.78 is 0. The van der Waals surface area contributed by atoms with E-state index in [1.807, 2.05) is 6.20 Å². The monoisotopic (exact) mass is 521 g/mol. The van der Waals surface area contributed by atoms with Crippen LogP contribution < -0.4 is 16.0 Å². The zero-order chi connectivity index (χ0) is 18.8. The second-order valence-corrected chi connectivity index (χ2v) is 7.15. The van der Waals surface area contributed by atoms with Crippen LogP contribution in [0, 0.1) is 0 Å². The average Bonchev–Trinajstić information content (AvgIpc) is 3.12. The highest BCUT2D eigenvalue weighted by Gasteiger charge is 2.05. The summed E-state index contributed by atoms with van der Waals surface area (Å²) in [6.07, 6.45) is 3.82. The third-order valence-corrected chi connectivity index (χ3v) is 5.07. The van der Waals surface area contributed by atoms with Gasteiger partial charge < -0.3 is 16.0 Å². The van der Waals surface area contributed by atoms with E-state index in [2.05, 4.69) is 32.9 Å². The zero-order valence-corrected chi connectivity index (χ0v) is 19.3. The molecule has 27 heavy (non-hydrogen) atoms. The van der Waals surface area contributed by atoms with Crippen LogP contribution in [-0.2, 0) is 12.8 Å². The lowest BCUT2D eigenvalue weighted by Crippen LogP contribution is -2.42. The zero-order valence-electron chi connectivity index (χ0n) is 15.4. The first-order valence-electron chi connectivity index (χ1n) is 8.54. The number of nitrogens with zero attached hydrogens (tertiary/aromatic N) is 2. The molecule has 1 heterocycles. The quantitative estimate of drug-likeness (QED) is 0.216. The van der Waals surface area contributed by atoms with Gasteiger partial charge in [0.25, 0.3) is 5.91 Å². The predicted molar refractivity (Wildman–Crippen MR) is 124 cm³/mol. The van der Waals surface area contributed by atoms with Crippen LogP contribution in [0.1, 0.15) is 27.2 Å². The number of aryl methyl sites for hydroxylation is 1. The number of halogens is 2. The number of hydrogen-bond acceptors (Lipinski definition) is 4. The molecule has 0 saturated carbocycles. The SMILES string of the molecule is CCc1cnc(CCNC(=NC)NCCNC(=O)c2ccc(Cl)cc2)s1.I. The molecule has 0 aliphatic heterocycles. The first-order chi connectivity index (χ1) is 12.6. The topological polar surface area (TPSA) is 78.4 Å². The normalized spacial score (nSPS) is 10.9. The molecule has 0 spiro atoms. The van der Waals surface area contributed by atoms with Crippen molar-refractivity contribution in [3.05, 3.63) is 50.9 Å². The smallest absolute Gasteiger partial charge is 0.251 e. The first kappa shape index (κ1) is 23.6. The van der Waals surface area contributed by atoms with Crippen LogP contribution in [0.5, 0.6) is 0 Å². The number of carbonyl (C=O) groups is 1. The van der Waals surface area contributed by atoms with Gasteiger partial charge in [0.2, 0.25) is 0 Å². The van der Waals surface area contributed by atoms with E-state index in [4.69, 9.17) is 11.6 Å². The summed E-state index contributed by atoms with van der Waals surface area (Å²) in [7, 11) is 1.72. The number of amides is 1. The number of carbonyl (C=O) groups excluding carboxylic acids is 1. The molecule has 0 bridgehead atoms. The van der Waals surface area contributed by atoms with Crippen LogP contribution in [0.15, 0.2) is 35.5 Å². The number of guanidine groups is 1. The lowest BCUT2D eigenvalue weighted by Gasteiger charge is -2.12. The molecule has 0 atom stereocenters. The van der Waals surface area contributed by atoms with E-state index in [9.17, 15) is 4.79 Å². The van der Waals surface area contributed by atoms with Crippen molar-refractivity contribution in [2.24, 2.45) is 4.99 Å². The highest BCUT2D eigenvalue weighted by Crippen LogP contribution is 2.13. The number of nitrogens with one attached hydrogen (secondary N) is 3. The Morgan fingerprint density at radius 2 is 1.81 bits per heavy atom. The molecule has 3 N–H and O–H groups in total. The van der Waals surface area contributed by atoms with Gasteiger partial charge in [0.05, 0.1) is 5.01 Å². The number of thiazole rings is 1. The summed E-state index contributed by atoms with van der Waals surface area (Å²) >= 11 is 7.57. The second-order valence-electron chi connectivity index (χ2n) is 5.51. The fourth-order valence-corrected chi connectivity index (χ4v) is 3.18. The van der Waals surface area contributed by atoms with Crippen molar-refractivity contribution >= 4 is 58.8 Å². The lowest BCUT2D eigenvalue weighted by molar-refractivity contribution is 0.0954. The van der Waals surface area contributed by atoms with Crippen molar-refractivity contribution in [1.82, 2.24) is 20.9 Å². The highest BCUT2D eigenvalue weighted by molar-refractivity contribution is 14.0. The van der Waals surface area contributed by atoms with E-state index in [0.717, 1.165) is 24.4 Å². The molecule has 0 saturated heterocycles. The Balaban J connectivity index is 0.00000364. The van der Waals surface area contributed by atoms with E-state index in [1.165, 1.54) is 4.88 Å². The Morgan fingerprint density at radius 1 is 1.15 bits per heavy atom. The predicted octanol–water partition coefficient (Wildman–Crippen LogP) is 3.11. The lowest BCUT2D eigenvalue weighted by atomic mass is 10.2. The van der Waals surface area contributed by atoms with Gasteiger partial charge in [-0.2, -0.15) is 0 Å². The fraction of sp³-hybridized carbons (Fsp3) is 0.389. The summed E-state index contributed by atoms with van der Waals surface area (Å²) in [5.74, 6) is 0.583. The third kappa shape index (κ3) is 8.44. The van der Waals surface area contributed by atoms with Gasteiger partial charge in [0, 0.05) is 54.8 Å². The third-order valence-electron chi connectivity index (χ3n) is 3.61. The molecule has 2 aromatic rings. The van der Waals surface area contributed by atoms with E-state index in [1.54, 1.807) is 42.6 Å². The Labute approximate surface area is 186 Å². The van der Waals surface area contributed by atoms with E-state index in [0.29, 0.717) is 29.6 Å². The Morgan fingerprint density at radius 3 is 2.44 bits per heavy atom. The number of aliphatic imine (C=N–C) groups is 1. The minimum Gasteiger partial charge on any atom is -0.356 e. The minimum absolute atomic E-state index is 0. The molecule has 1 amide bonds. The largest absolute Gasteiger partial charge is 0.356 e. The molecule has 0 radical (unpaired) electrons. The molecule has 1 aromatic heterocycles. The van der Waals surface area contributed by atoms with Crippen molar-refractivity contribution in [3.63, 3.8) is 0 Å². The van der Waals surface area contributed by atoms with Gasteiger partial charge in [-0.25, -0.2) is 4.98 Å². The molecule has 0 fully saturated rings. The average molecular weight is 522 g/mol. The molecule has 2 rings (SSSR count). The van der Waals surface area contributed by atoms with Crippen molar-refractivity contribution < 1.29 is 4.79 Å². The first-order valence-corrected chi connectivity index (χ1v) is 9.73. The van der Waals surface area contributed by atoms with Crippen LogP contribution in [-0.4, -0.2) is 43.5 Å². The van der Waals surface area contributed by atoms with Gasteiger partial charge in [0.1, 0.15) is 0 Å². The second kappa shape index (κ2) is 12.9. The molecular formula is C18H25ClIN5OS. The van der Waals surface area contributed by atoms with Gasteiger partial charge in [-0.05, 0) is 30.7 Å². The standard InChI is InChI=1S/C18H24ClN5OS.HI/c1-3-15-12-24-16(26-15)8-9-22-18(20-2)23-11-10-21-17(25)13-4-6-14(19)7-5-13;/h4-7,12H,3,8-11H2,1-2H3,(H,21,25)(H2,20,22,23);1H. The maximum absolute atomic E-state index is 12.0. The van der Waals surface area contributed by atoms with Crippen LogP contribution in [0.2, 0.25) is 5.02 Å². The molecular weight excluding hydrogens is 497 g/mol. The molecule has 1 aromatic carbocycles. The Kier molecular flexibility index (Phi) is 11.3. The van der Waals surface area contributed by atoms with Crippen LogP contribution in [0.25, 0.3) is 0 Å². The highest BCUT2D eigenvalue weighted by atomic mass is 127.